The van der Waals surface area contributed by atoms with Crippen molar-refractivity contribution < 1.29 is 9.53 Å². The van der Waals surface area contributed by atoms with E-state index in [0.717, 1.165) is 17.3 Å². The number of unbranched alkanes of at least 4 members (excludes halogenated alkanes) is 1. The van der Waals surface area contributed by atoms with Gasteiger partial charge in [-0.15, -0.1) is 0 Å². The summed E-state index contributed by atoms with van der Waals surface area (Å²) in [5.41, 5.74) is 0.812. The summed E-state index contributed by atoms with van der Waals surface area (Å²) in [6.45, 7) is 2.64. The molecule has 1 N–H and O–H groups in total. The third kappa shape index (κ3) is 4.87. The molecule has 2 aromatic rings. The van der Waals surface area contributed by atoms with Crippen LogP contribution >= 0.6 is 39.1 Å². The van der Waals surface area contributed by atoms with Crippen LogP contribution in [-0.2, 0) is 0 Å². The number of anilines is 1. The Morgan fingerprint density at radius 2 is 1.91 bits per heavy atom. The SMILES string of the molecule is CCCCOc1ccc(Br)cc1C(=O)Nc1c(Cl)cccc1Cl. The van der Waals surface area contributed by atoms with Gasteiger partial charge in [-0.05, 0) is 36.8 Å². The van der Waals surface area contributed by atoms with Gasteiger partial charge in [0.05, 0.1) is 27.9 Å². The molecule has 0 saturated heterocycles. The van der Waals surface area contributed by atoms with Crippen molar-refractivity contribution in [1.29, 1.82) is 0 Å². The fourth-order valence-electron chi connectivity index (χ4n) is 1.93. The lowest BCUT2D eigenvalue weighted by Gasteiger charge is -2.13. The van der Waals surface area contributed by atoms with E-state index in [1.165, 1.54) is 0 Å². The highest BCUT2D eigenvalue weighted by Crippen LogP contribution is 2.31. The highest BCUT2D eigenvalue weighted by Gasteiger charge is 2.16. The lowest BCUT2D eigenvalue weighted by Crippen LogP contribution is -2.14. The average Bonchev–Trinajstić information content (AvgIpc) is 2.52. The predicted molar refractivity (Wildman–Crippen MR) is 99.0 cm³/mol. The van der Waals surface area contributed by atoms with E-state index < -0.39 is 0 Å². The van der Waals surface area contributed by atoms with Crippen molar-refractivity contribution >= 4 is 50.7 Å². The van der Waals surface area contributed by atoms with Crippen LogP contribution in [0.25, 0.3) is 0 Å². The van der Waals surface area contributed by atoms with Gasteiger partial charge in [-0.3, -0.25) is 4.79 Å². The van der Waals surface area contributed by atoms with Gasteiger partial charge in [-0.25, -0.2) is 0 Å². The Kier molecular flexibility index (Phi) is 6.75. The zero-order valence-corrected chi connectivity index (χ0v) is 15.6. The first-order valence-electron chi connectivity index (χ1n) is 7.20. The number of halogens is 3. The van der Waals surface area contributed by atoms with Crippen LogP contribution in [-0.4, -0.2) is 12.5 Å². The summed E-state index contributed by atoms with van der Waals surface area (Å²) in [7, 11) is 0. The second kappa shape index (κ2) is 8.57. The summed E-state index contributed by atoms with van der Waals surface area (Å²) in [4.78, 5) is 12.6. The van der Waals surface area contributed by atoms with Crippen LogP contribution in [0, 0.1) is 0 Å². The van der Waals surface area contributed by atoms with Crippen molar-refractivity contribution in [3.8, 4) is 5.75 Å². The molecule has 6 heteroatoms. The van der Waals surface area contributed by atoms with E-state index in [1.807, 2.05) is 6.07 Å². The summed E-state index contributed by atoms with van der Waals surface area (Å²) in [5.74, 6) is 0.204. The zero-order valence-electron chi connectivity index (χ0n) is 12.5. The van der Waals surface area contributed by atoms with Crippen LogP contribution in [0.1, 0.15) is 30.1 Å². The number of benzene rings is 2. The standard InChI is InChI=1S/C17H16BrCl2NO2/c1-2-3-9-23-15-8-7-11(18)10-12(15)17(22)21-16-13(19)5-4-6-14(16)20/h4-8,10H,2-3,9H2,1H3,(H,21,22). The van der Waals surface area contributed by atoms with Gasteiger partial charge in [0.2, 0.25) is 0 Å². The predicted octanol–water partition coefficient (Wildman–Crippen LogP) is 6.19. The first kappa shape index (κ1) is 18.1. The number of carbonyl (C=O) groups excluding carboxylic acids is 1. The van der Waals surface area contributed by atoms with Crippen molar-refractivity contribution in [3.63, 3.8) is 0 Å². The Balaban J connectivity index is 2.26. The van der Waals surface area contributed by atoms with E-state index in [9.17, 15) is 4.79 Å². The van der Waals surface area contributed by atoms with Crippen molar-refractivity contribution in [3.05, 3.63) is 56.5 Å². The molecule has 122 valence electrons. The van der Waals surface area contributed by atoms with Gasteiger partial charge in [0.1, 0.15) is 5.75 Å². The zero-order chi connectivity index (χ0) is 16.8. The largest absolute Gasteiger partial charge is 0.493 e. The molecule has 0 bridgehead atoms. The highest BCUT2D eigenvalue weighted by atomic mass is 79.9. The lowest BCUT2D eigenvalue weighted by molar-refractivity contribution is 0.102. The second-order valence-corrected chi connectivity index (χ2v) is 6.62. The smallest absolute Gasteiger partial charge is 0.259 e. The number of amides is 1. The number of carbonyl (C=O) groups is 1. The topological polar surface area (TPSA) is 38.3 Å². The number of hydrogen-bond donors (Lipinski definition) is 1. The molecule has 1 amide bonds. The number of rotatable bonds is 6. The van der Waals surface area contributed by atoms with Gasteiger partial charge in [0.15, 0.2) is 0 Å². The molecule has 0 heterocycles. The molecule has 0 radical (unpaired) electrons. The van der Waals surface area contributed by atoms with Crippen LogP contribution in [0.4, 0.5) is 5.69 Å². The molecule has 2 aromatic carbocycles. The van der Waals surface area contributed by atoms with Crippen LogP contribution in [0.15, 0.2) is 40.9 Å². The fourth-order valence-corrected chi connectivity index (χ4v) is 2.78. The minimum absolute atomic E-state index is 0.326. The molecule has 0 spiro atoms. The third-order valence-electron chi connectivity index (χ3n) is 3.14. The number of ether oxygens (including phenoxy) is 1. The molecule has 0 aliphatic carbocycles. The Labute approximate surface area is 154 Å². The van der Waals surface area contributed by atoms with Crippen LogP contribution < -0.4 is 10.1 Å². The van der Waals surface area contributed by atoms with Gasteiger partial charge in [-0.1, -0.05) is 58.5 Å². The Morgan fingerprint density at radius 1 is 1.22 bits per heavy atom. The molecule has 0 atom stereocenters. The van der Waals surface area contributed by atoms with Gasteiger partial charge in [0, 0.05) is 4.47 Å². The Hall–Kier alpha value is -1.23. The summed E-state index contributed by atoms with van der Waals surface area (Å²) < 4.78 is 6.49. The van der Waals surface area contributed by atoms with E-state index in [1.54, 1.807) is 30.3 Å². The van der Waals surface area contributed by atoms with Crippen molar-refractivity contribution in [2.24, 2.45) is 0 Å². The first-order chi connectivity index (χ1) is 11.0. The summed E-state index contributed by atoms with van der Waals surface area (Å²) in [6.07, 6.45) is 1.95. The van der Waals surface area contributed by atoms with E-state index >= 15 is 0 Å². The summed E-state index contributed by atoms with van der Waals surface area (Å²) in [6, 6.07) is 10.4. The Bertz CT molecular complexity index is 687. The molecule has 3 nitrogen and oxygen atoms in total. The molecule has 2 rings (SSSR count). The van der Waals surface area contributed by atoms with E-state index in [4.69, 9.17) is 27.9 Å². The Morgan fingerprint density at radius 3 is 2.57 bits per heavy atom. The number of hydrogen-bond acceptors (Lipinski definition) is 2. The maximum atomic E-state index is 12.6. The summed E-state index contributed by atoms with van der Waals surface area (Å²) in [5, 5.41) is 3.52. The number of nitrogens with one attached hydrogen (secondary N) is 1. The maximum absolute atomic E-state index is 12.6. The molecule has 0 aromatic heterocycles. The average molecular weight is 417 g/mol. The van der Waals surface area contributed by atoms with E-state index in [0.29, 0.717) is 33.7 Å². The molecule has 0 fully saturated rings. The van der Waals surface area contributed by atoms with Gasteiger partial charge in [0.25, 0.3) is 5.91 Å². The van der Waals surface area contributed by atoms with Crippen molar-refractivity contribution in [1.82, 2.24) is 0 Å². The summed E-state index contributed by atoms with van der Waals surface area (Å²) >= 11 is 15.6. The van der Waals surface area contributed by atoms with E-state index in [-0.39, 0.29) is 5.91 Å². The fraction of sp³-hybridized carbons (Fsp3) is 0.235. The quantitative estimate of drug-likeness (QED) is 0.570. The minimum Gasteiger partial charge on any atom is -0.493 e. The van der Waals surface area contributed by atoms with Gasteiger partial charge >= 0.3 is 0 Å². The monoisotopic (exact) mass is 415 g/mol. The van der Waals surface area contributed by atoms with Crippen molar-refractivity contribution in [2.45, 2.75) is 19.8 Å². The van der Waals surface area contributed by atoms with Gasteiger partial charge < -0.3 is 10.1 Å². The molecule has 0 aliphatic rings. The normalized spacial score (nSPS) is 10.4. The molecule has 0 aliphatic heterocycles. The molecule has 23 heavy (non-hydrogen) atoms. The van der Waals surface area contributed by atoms with E-state index in [2.05, 4.69) is 28.2 Å². The second-order valence-electron chi connectivity index (χ2n) is 4.89. The van der Waals surface area contributed by atoms with Crippen LogP contribution in [0.3, 0.4) is 0 Å². The van der Waals surface area contributed by atoms with Crippen LogP contribution in [0.2, 0.25) is 10.0 Å². The van der Waals surface area contributed by atoms with Crippen LogP contribution in [0.5, 0.6) is 5.75 Å². The maximum Gasteiger partial charge on any atom is 0.259 e. The lowest BCUT2D eigenvalue weighted by atomic mass is 10.1. The molecular formula is C17H16BrCl2NO2. The van der Waals surface area contributed by atoms with Gasteiger partial charge in [-0.2, -0.15) is 0 Å². The highest BCUT2D eigenvalue weighted by molar-refractivity contribution is 9.10. The first-order valence-corrected chi connectivity index (χ1v) is 8.75. The molecule has 0 saturated carbocycles. The molecular weight excluding hydrogens is 401 g/mol. The molecule has 0 unspecified atom stereocenters. The number of para-hydroxylation sites is 1. The minimum atomic E-state index is -0.326. The van der Waals surface area contributed by atoms with Crippen molar-refractivity contribution in [2.75, 3.05) is 11.9 Å². The third-order valence-corrected chi connectivity index (χ3v) is 4.27.